The van der Waals surface area contributed by atoms with Crippen molar-refractivity contribution in [1.29, 1.82) is 0 Å². The summed E-state index contributed by atoms with van der Waals surface area (Å²) in [6.07, 6.45) is 2.87. The van der Waals surface area contributed by atoms with Gasteiger partial charge in [-0.25, -0.2) is 0 Å². The molecule has 2 atom stereocenters. The normalized spacial score (nSPS) is 24.8. The Morgan fingerprint density at radius 1 is 1.41 bits per heavy atom. The largest absolute Gasteiger partial charge is 0.381 e. The highest BCUT2D eigenvalue weighted by Crippen LogP contribution is 2.27. The highest BCUT2D eigenvalue weighted by atomic mass is 127. The van der Waals surface area contributed by atoms with E-state index in [1.54, 1.807) is 0 Å². The third kappa shape index (κ3) is 3.00. The second-order valence-electron chi connectivity index (χ2n) is 4.88. The molecule has 0 aliphatic heterocycles. The first-order valence-electron chi connectivity index (χ1n) is 6.13. The summed E-state index contributed by atoms with van der Waals surface area (Å²) in [6, 6.07) is 6.69. The van der Waals surface area contributed by atoms with Crippen molar-refractivity contribution < 1.29 is 4.79 Å². The van der Waals surface area contributed by atoms with Gasteiger partial charge in [-0.3, -0.25) is 4.79 Å². The summed E-state index contributed by atoms with van der Waals surface area (Å²) in [5.41, 5.74) is 2.42. The number of benzene rings is 1. The van der Waals surface area contributed by atoms with E-state index < -0.39 is 0 Å². The van der Waals surface area contributed by atoms with Crippen molar-refractivity contribution in [2.24, 2.45) is 5.92 Å². The topological polar surface area (TPSA) is 29.1 Å². The van der Waals surface area contributed by atoms with E-state index in [-0.39, 0.29) is 5.92 Å². The fourth-order valence-electron chi connectivity index (χ4n) is 2.34. The third-order valence-electron chi connectivity index (χ3n) is 3.51. The number of anilines is 1. The summed E-state index contributed by atoms with van der Waals surface area (Å²) in [6.45, 7) is 4.14. The Balaban J connectivity index is 2.14. The Labute approximate surface area is 116 Å². The highest BCUT2D eigenvalue weighted by Gasteiger charge is 2.28. The monoisotopic (exact) mass is 343 g/mol. The van der Waals surface area contributed by atoms with E-state index >= 15 is 0 Å². The predicted molar refractivity (Wildman–Crippen MR) is 79.3 cm³/mol. The molecular weight excluding hydrogens is 325 g/mol. The minimum atomic E-state index is 0.139. The van der Waals surface area contributed by atoms with Crippen LogP contribution in [0.4, 0.5) is 5.69 Å². The zero-order valence-corrected chi connectivity index (χ0v) is 12.5. The van der Waals surface area contributed by atoms with E-state index in [1.807, 2.05) is 6.92 Å². The first kappa shape index (κ1) is 12.9. The number of halogens is 1. The fraction of sp³-hybridized carbons (Fsp3) is 0.500. The van der Waals surface area contributed by atoms with Gasteiger partial charge in [0.25, 0.3) is 0 Å². The zero-order valence-electron chi connectivity index (χ0n) is 10.3. The van der Waals surface area contributed by atoms with Crippen molar-refractivity contribution in [3.63, 3.8) is 0 Å². The van der Waals surface area contributed by atoms with Crippen LogP contribution in [0.2, 0.25) is 0 Å². The quantitative estimate of drug-likeness (QED) is 0.829. The Morgan fingerprint density at radius 2 is 2.18 bits per heavy atom. The molecule has 17 heavy (non-hydrogen) atoms. The Hall–Kier alpha value is -0.580. The molecule has 0 radical (unpaired) electrons. The Kier molecular flexibility index (Phi) is 4.07. The molecule has 0 bridgehead atoms. The summed E-state index contributed by atoms with van der Waals surface area (Å²) >= 11 is 2.34. The number of ketones is 1. The molecule has 0 aromatic heterocycles. The molecule has 1 aromatic rings. The van der Waals surface area contributed by atoms with Crippen LogP contribution in [0.1, 0.15) is 31.7 Å². The number of nitrogens with one attached hydrogen (secondary N) is 1. The maximum absolute atomic E-state index is 11.7. The first-order chi connectivity index (χ1) is 8.08. The second-order valence-corrected chi connectivity index (χ2v) is 6.04. The summed E-state index contributed by atoms with van der Waals surface area (Å²) in [7, 11) is 0. The standard InChI is InChI=1S/C14H18INO/c1-9-6-7-11(15)13(8-9)16-12-4-3-5-14(17)10(12)2/h6-8,10,12,16H,3-5H2,1-2H3. The molecule has 0 amide bonds. The fourth-order valence-corrected chi connectivity index (χ4v) is 2.84. The SMILES string of the molecule is Cc1ccc(I)c(NC2CCCC(=O)C2C)c1. The van der Waals surface area contributed by atoms with Crippen molar-refractivity contribution >= 4 is 34.1 Å². The van der Waals surface area contributed by atoms with E-state index in [0.29, 0.717) is 11.8 Å². The minimum absolute atomic E-state index is 0.139. The molecule has 2 rings (SSSR count). The Morgan fingerprint density at radius 3 is 2.94 bits per heavy atom. The van der Waals surface area contributed by atoms with Crippen LogP contribution in [-0.2, 0) is 4.79 Å². The van der Waals surface area contributed by atoms with Gasteiger partial charge in [0.1, 0.15) is 5.78 Å². The maximum Gasteiger partial charge on any atom is 0.137 e. The smallest absolute Gasteiger partial charge is 0.137 e. The number of carbonyl (C=O) groups is 1. The number of carbonyl (C=O) groups excluding carboxylic acids is 1. The molecule has 1 N–H and O–H groups in total. The summed E-state index contributed by atoms with van der Waals surface area (Å²) in [5.74, 6) is 0.538. The summed E-state index contributed by atoms with van der Waals surface area (Å²) < 4.78 is 1.22. The van der Waals surface area contributed by atoms with Crippen LogP contribution in [-0.4, -0.2) is 11.8 Å². The molecule has 1 fully saturated rings. The number of hydrogen-bond acceptors (Lipinski definition) is 2. The molecule has 2 nitrogen and oxygen atoms in total. The van der Waals surface area contributed by atoms with E-state index in [9.17, 15) is 4.79 Å². The second kappa shape index (κ2) is 5.38. The van der Waals surface area contributed by atoms with Gasteiger partial charge in [0.15, 0.2) is 0 Å². The molecule has 3 heteroatoms. The van der Waals surface area contributed by atoms with Crippen molar-refractivity contribution in [3.05, 3.63) is 27.3 Å². The molecule has 0 spiro atoms. The van der Waals surface area contributed by atoms with Gasteiger partial charge in [-0.2, -0.15) is 0 Å². The molecule has 92 valence electrons. The van der Waals surface area contributed by atoms with E-state index in [1.165, 1.54) is 9.13 Å². The number of rotatable bonds is 2. The van der Waals surface area contributed by atoms with Gasteiger partial charge < -0.3 is 5.32 Å². The summed E-state index contributed by atoms with van der Waals surface area (Å²) in [5, 5.41) is 3.54. The van der Waals surface area contributed by atoms with E-state index in [0.717, 1.165) is 24.9 Å². The molecule has 2 unspecified atom stereocenters. The number of hydrogen-bond donors (Lipinski definition) is 1. The molecular formula is C14H18INO. The molecule has 1 aromatic carbocycles. The van der Waals surface area contributed by atoms with E-state index in [4.69, 9.17) is 0 Å². The average molecular weight is 343 g/mol. The predicted octanol–water partition coefficient (Wildman–Crippen LogP) is 3.77. The van der Waals surface area contributed by atoms with Crippen LogP contribution in [0.3, 0.4) is 0 Å². The maximum atomic E-state index is 11.7. The van der Waals surface area contributed by atoms with E-state index in [2.05, 4.69) is 53.0 Å². The lowest BCUT2D eigenvalue weighted by Crippen LogP contribution is -2.36. The number of aryl methyl sites for hydroxylation is 1. The van der Waals surface area contributed by atoms with Crippen molar-refractivity contribution in [2.45, 2.75) is 39.2 Å². The molecule has 0 heterocycles. The lowest BCUT2D eigenvalue weighted by molar-refractivity contribution is -0.124. The van der Waals surface area contributed by atoms with Gasteiger partial charge in [0, 0.05) is 27.6 Å². The summed E-state index contributed by atoms with van der Waals surface area (Å²) in [4.78, 5) is 11.7. The molecule has 1 saturated carbocycles. The van der Waals surface area contributed by atoms with Gasteiger partial charge >= 0.3 is 0 Å². The van der Waals surface area contributed by atoms with Gasteiger partial charge in [0.05, 0.1) is 0 Å². The van der Waals surface area contributed by atoms with Crippen LogP contribution in [0.5, 0.6) is 0 Å². The van der Waals surface area contributed by atoms with Crippen LogP contribution < -0.4 is 5.32 Å². The molecule has 0 saturated heterocycles. The van der Waals surface area contributed by atoms with Crippen LogP contribution in [0.25, 0.3) is 0 Å². The minimum Gasteiger partial charge on any atom is -0.381 e. The van der Waals surface area contributed by atoms with Gasteiger partial charge in [-0.05, 0) is 60.1 Å². The first-order valence-corrected chi connectivity index (χ1v) is 7.21. The van der Waals surface area contributed by atoms with Gasteiger partial charge in [0.2, 0.25) is 0 Å². The lowest BCUT2D eigenvalue weighted by Gasteiger charge is -2.29. The van der Waals surface area contributed by atoms with Crippen molar-refractivity contribution in [2.75, 3.05) is 5.32 Å². The van der Waals surface area contributed by atoms with Crippen molar-refractivity contribution in [3.8, 4) is 0 Å². The van der Waals surface area contributed by atoms with Crippen molar-refractivity contribution in [1.82, 2.24) is 0 Å². The van der Waals surface area contributed by atoms with Crippen LogP contribution >= 0.6 is 22.6 Å². The van der Waals surface area contributed by atoms with Crippen LogP contribution in [0.15, 0.2) is 18.2 Å². The highest BCUT2D eigenvalue weighted by molar-refractivity contribution is 14.1. The average Bonchev–Trinajstić information content (AvgIpc) is 2.30. The molecule has 1 aliphatic carbocycles. The zero-order chi connectivity index (χ0) is 12.4. The van der Waals surface area contributed by atoms with Gasteiger partial charge in [-0.1, -0.05) is 13.0 Å². The van der Waals surface area contributed by atoms with Gasteiger partial charge in [-0.15, -0.1) is 0 Å². The lowest BCUT2D eigenvalue weighted by atomic mass is 9.84. The Bertz CT molecular complexity index is 430. The number of Topliss-reactive ketones (excluding diaryl/α,β-unsaturated/α-hetero) is 1. The van der Waals surface area contributed by atoms with Crippen LogP contribution in [0, 0.1) is 16.4 Å². The molecule has 1 aliphatic rings. The third-order valence-corrected chi connectivity index (χ3v) is 4.45.